The summed E-state index contributed by atoms with van der Waals surface area (Å²) in [6.45, 7) is 3.95. The molecule has 0 aliphatic carbocycles. The monoisotopic (exact) mass is 273 g/mol. The standard InChI is InChI=1S/C11H15NO3S2/c1-3-7(2)12-11(13)9-4-8-5-17(14,15)6-10(8)16-9/h4,7H,3,5-6H2,1-2H3,(H,12,13). The highest BCUT2D eigenvalue weighted by Crippen LogP contribution is 2.32. The van der Waals surface area contributed by atoms with Crippen molar-refractivity contribution in [1.82, 2.24) is 5.32 Å². The van der Waals surface area contributed by atoms with Crippen molar-refractivity contribution < 1.29 is 13.2 Å². The van der Waals surface area contributed by atoms with E-state index < -0.39 is 9.84 Å². The van der Waals surface area contributed by atoms with Crippen molar-refractivity contribution in [2.75, 3.05) is 0 Å². The fourth-order valence-electron chi connectivity index (χ4n) is 1.71. The maximum absolute atomic E-state index is 11.8. The Morgan fingerprint density at radius 3 is 2.82 bits per heavy atom. The number of rotatable bonds is 3. The molecule has 94 valence electrons. The van der Waals surface area contributed by atoms with Crippen molar-refractivity contribution in [1.29, 1.82) is 0 Å². The summed E-state index contributed by atoms with van der Waals surface area (Å²) in [4.78, 5) is 13.3. The van der Waals surface area contributed by atoms with Crippen LogP contribution in [0.3, 0.4) is 0 Å². The van der Waals surface area contributed by atoms with Crippen LogP contribution in [0.15, 0.2) is 6.07 Å². The topological polar surface area (TPSA) is 63.2 Å². The predicted molar refractivity (Wildman–Crippen MR) is 67.9 cm³/mol. The summed E-state index contributed by atoms with van der Waals surface area (Å²) in [5.74, 6) is 0.0649. The lowest BCUT2D eigenvalue weighted by atomic mass is 10.2. The van der Waals surface area contributed by atoms with E-state index in [4.69, 9.17) is 0 Å². The van der Waals surface area contributed by atoms with E-state index in [0.717, 1.165) is 16.9 Å². The van der Waals surface area contributed by atoms with Gasteiger partial charge in [-0.15, -0.1) is 11.3 Å². The smallest absolute Gasteiger partial charge is 0.261 e. The van der Waals surface area contributed by atoms with E-state index in [1.165, 1.54) is 11.3 Å². The van der Waals surface area contributed by atoms with Crippen molar-refractivity contribution >= 4 is 27.1 Å². The van der Waals surface area contributed by atoms with Crippen LogP contribution in [0.2, 0.25) is 0 Å². The van der Waals surface area contributed by atoms with Gasteiger partial charge in [0.05, 0.1) is 16.4 Å². The third-order valence-corrected chi connectivity index (χ3v) is 5.67. The van der Waals surface area contributed by atoms with Crippen LogP contribution in [-0.4, -0.2) is 20.4 Å². The lowest BCUT2D eigenvalue weighted by Gasteiger charge is -2.09. The largest absolute Gasteiger partial charge is 0.349 e. The number of thiophene rings is 1. The van der Waals surface area contributed by atoms with E-state index in [0.29, 0.717) is 4.88 Å². The van der Waals surface area contributed by atoms with Crippen molar-refractivity contribution in [2.24, 2.45) is 0 Å². The fraction of sp³-hybridized carbons (Fsp3) is 0.545. The zero-order valence-corrected chi connectivity index (χ0v) is 11.5. The number of carbonyl (C=O) groups is 1. The van der Waals surface area contributed by atoms with Gasteiger partial charge in [-0.1, -0.05) is 6.92 Å². The Morgan fingerprint density at radius 2 is 2.24 bits per heavy atom. The first kappa shape index (κ1) is 12.6. The normalized spacial score (nSPS) is 18.7. The Morgan fingerprint density at radius 1 is 1.53 bits per heavy atom. The van der Waals surface area contributed by atoms with E-state index in [1.807, 2.05) is 13.8 Å². The summed E-state index contributed by atoms with van der Waals surface area (Å²) >= 11 is 1.29. The highest BCUT2D eigenvalue weighted by molar-refractivity contribution is 7.90. The molecule has 2 heterocycles. The second kappa shape index (κ2) is 4.42. The molecule has 6 heteroatoms. The van der Waals surface area contributed by atoms with Crippen molar-refractivity contribution in [3.63, 3.8) is 0 Å². The maximum atomic E-state index is 11.8. The first-order chi connectivity index (χ1) is 7.91. The molecule has 4 nitrogen and oxygen atoms in total. The van der Waals surface area contributed by atoms with Gasteiger partial charge in [0.25, 0.3) is 5.91 Å². The SMILES string of the molecule is CCC(C)NC(=O)c1cc2c(s1)CS(=O)(=O)C2. The molecule has 2 rings (SSSR count). The molecule has 0 radical (unpaired) electrons. The van der Waals surface area contributed by atoms with Crippen LogP contribution in [0.1, 0.15) is 40.4 Å². The van der Waals surface area contributed by atoms with Gasteiger partial charge in [-0.25, -0.2) is 8.42 Å². The molecule has 0 saturated carbocycles. The molecule has 0 aromatic carbocycles. The van der Waals surface area contributed by atoms with Crippen LogP contribution < -0.4 is 5.32 Å². The predicted octanol–water partition coefficient (Wildman–Crippen LogP) is 1.70. The minimum Gasteiger partial charge on any atom is -0.349 e. The molecular weight excluding hydrogens is 258 g/mol. The summed E-state index contributed by atoms with van der Waals surface area (Å²) < 4.78 is 22.7. The lowest BCUT2D eigenvalue weighted by Crippen LogP contribution is -2.31. The first-order valence-electron chi connectivity index (χ1n) is 5.54. The van der Waals surface area contributed by atoms with E-state index in [2.05, 4.69) is 5.32 Å². The van der Waals surface area contributed by atoms with Gasteiger partial charge >= 0.3 is 0 Å². The number of sulfone groups is 1. The summed E-state index contributed by atoms with van der Waals surface area (Å²) in [5.41, 5.74) is 0.796. The van der Waals surface area contributed by atoms with Gasteiger partial charge in [0.1, 0.15) is 0 Å². The van der Waals surface area contributed by atoms with E-state index in [1.54, 1.807) is 6.07 Å². The van der Waals surface area contributed by atoms with Crippen molar-refractivity contribution in [2.45, 2.75) is 37.8 Å². The average molecular weight is 273 g/mol. The minimum atomic E-state index is -2.95. The van der Waals surface area contributed by atoms with Gasteiger partial charge in [-0.05, 0) is 25.0 Å². The summed E-state index contributed by atoms with van der Waals surface area (Å²) in [6.07, 6.45) is 0.880. The van der Waals surface area contributed by atoms with E-state index in [-0.39, 0.29) is 23.5 Å². The Bertz CT molecular complexity index is 516. The number of hydrogen-bond acceptors (Lipinski definition) is 4. The summed E-state index contributed by atoms with van der Waals surface area (Å²) in [5, 5.41) is 2.88. The minimum absolute atomic E-state index is 0.0788. The first-order valence-corrected chi connectivity index (χ1v) is 8.18. The van der Waals surface area contributed by atoms with Gasteiger partial charge in [0.2, 0.25) is 0 Å². The van der Waals surface area contributed by atoms with E-state index in [9.17, 15) is 13.2 Å². The Labute approximate surface area is 105 Å². The fourth-order valence-corrected chi connectivity index (χ4v) is 4.87. The van der Waals surface area contributed by atoms with Crippen LogP contribution in [0.5, 0.6) is 0 Å². The van der Waals surface area contributed by atoms with E-state index >= 15 is 0 Å². The molecule has 1 aliphatic heterocycles. The second-order valence-electron chi connectivity index (χ2n) is 4.37. The number of carbonyl (C=O) groups excluding carboxylic acids is 1. The van der Waals surface area contributed by atoms with Crippen molar-refractivity contribution in [3.05, 3.63) is 21.4 Å². The Hall–Kier alpha value is -0.880. The van der Waals surface area contributed by atoms with Crippen LogP contribution >= 0.6 is 11.3 Å². The lowest BCUT2D eigenvalue weighted by molar-refractivity contribution is 0.0943. The third kappa shape index (κ3) is 2.69. The van der Waals surface area contributed by atoms with Crippen molar-refractivity contribution in [3.8, 4) is 0 Å². The zero-order chi connectivity index (χ0) is 12.6. The number of fused-ring (bicyclic) bond motifs is 1. The van der Waals surface area contributed by atoms with Gasteiger partial charge in [-0.2, -0.15) is 0 Å². The van der Waals surface area contributed by atoms with Crippen LogP contribution in [0.4, 0.5) is 0 Å². The molecule has 17 heavy (non-hydrogen) atoms. The molecule has 1 atom stereocenters. The third-order valence-electron chi connectivity index (χ3n) is 2.84. The van der Waals surface area contributed by atoms with Gasteiger partial charge in [0, 0.05) is 10.9 Å². The molecule has 1 amide bonds. The Balaban J connectivity index is 2.14. The molecule has 0 spiro atoms. The highest BCUT2D eigenvalue weighted by Gasteiger charge is 2.28. The van der Waals surface area contributed by atoms with Crippen LogP contribution in [0, 0.1) is 0 Å². The molecule has 0 saturated heterocycles. The quantitative estimate of drug-likeness (QED) is 0.911. The van der Waals surface area contributed by atoms with Crippen LogP contribution in [-0.2, 0) is 21.3 Å². The molecular formula is C11H15NO3S2. The highest BCUT2D eigenvalue weighted by atomic mass is 32.2. The van der Waals surface area contributed by atoms with Gasteiger partial charge in [-0.3, -0.25) is 4.79 Å². The maximum Gasteiger partial charge on any atom is 0.261 e. The van der Waals surface area contributed by atoms with Gasteiger partial charge < -0.3 is 5.32 Å². The number of hydrogen-bond donors (Lipinski definition) is 1. The number of nitrogens with one attached hydrogen (secondary N) is 1. The number of amides is 1. The Kier molecular flexibility index (Phi) is 3.27. The average Bonchev–Trinajstić information content (AvgIpc) is 2.70. The molecule has 1 aromatic heterocycles. The molecule has 0 fully saturated rings. The summed E-state index contributed by atoms with van der Waals surface area (Å²) in [7, 11) is -2.95. The molecule has 1 N–H and O–H groups in total. The molecule has 1 unspecified atom stereocenters. The molecule has 0 bridgehead atoms. The van der Waals surface area contributed by atoms with Crippen LogP contribution in [0.25, 0.3) is 0 Å². The van der Waals surface area contributed by atoms with Gasteiger partial charge in [0.15, 0.2) is 9.84 Å². The zero-order valence-electron chi connectivity index (χ0n) is 9.82. The second-order valence-corrected chi connectivity index (χ2v) is 7.58. The summed E-state index contributed by atoms with van der Waals surface area (Å²) in [6, 6.07) is 1.85. The molecule has 1 aliphatic rings. The molecule has 1 aromatic rings.